The van der Waals surface area contributed by atoms with Crippen molar-refractivity contribution in [3.63, 3.8) is 0 Å². The number of benzene rings is 1. The molecule has 20 heavy (non-hydrogen) atoms. The highest BCUT2D eigenvalue weighted by Gasteiger charge is 2.44. The topological polar surface area (TPSA) is 57.6 Å². The summed E-state index contributed by atoms with van der Waals surface area (Å²) in [6, 6.07) is 7.45. The zero-order chi connectivity index (χ0) is 14.8. The monoisotopic (exact) mass is 275 g/mol. The molecule has 108 valence electrons. The third-order valence-corrected chi connectivity index (χ3v) is 4.23. The number of nitrogens with zero attached hydrogens (tertiary/aromatic N) is 1. The fourth-order valence-corrected chi connectivity index (χ4v) is 2.85. The molecular formula is C16H21NO3. The summed E-state index contributed by atoms with van der Waals surface area (Å²) in [6.07, 6.45) is 2.99. The van der Waals surface area contributed by atoms with Gasteiger partial charge >= 0.3 is 5.97 Å². The summed E-state index contributed by atoms with van der Waals surface area (Å²) < 4.78 is 0. The molecule has 4 heteroatoms. The molecule has 1 fully saturated rings. The normalized spacial score (nSPS) is 22.6. The van der Waals surface area contributed by atoms with Crippen molar-refractivity contribution in [2.45, 2.75) is 45.1 Å². The van der Waals surface area contributed by atoms with Crippen molar-refractivity contribution in [2.75, 3.05) is 6.54 Å². The lowest BCUT2D eigenvalue weighted by Crippen LogP contribution is -2.57. The Morgan fingerprint density at radius 2 is 2.00 bits per heavy atom. The van der Waals surface area contributed by atoms with Crippen LogP contribution in [0.4, 0.5) is 0 Å². The summed E-state index contributed by atoms with van der Waals surface area (Å²) in [5.74, 6) is -1.08. The lowest BCUT2D eigenvalue weighted by molar-refractivity contribution is -0.150. The number of piperidine rings is 1. The number of likely N-dealkylation sites (tertiary alicyclic amines) is 1. The quantitative estimate of drug-likeness (QED) is 0.922. The summed E-state index contributed by atoms with van der Waals surface area (Å²) >= 11 is 0. The van der Waals surface area contributed by atoms with E-state index < -0.39 is 11.5 Å². The van der Waals surface area contributed by atoms with Crippen LogP contribution in [0.25, 0.3) is 0 Å². The molecule has 0 aromatic heterocycles. The van der Waals surface area contributed by atoms with Gasteiger partial charge in [0.05, 0.1) is 0 Å². The van der Waals surface area contributed by atoms with E-state index in [-0.39, 0.29) is 5.91 Å². The summed E-state index contributed by atoms with van der Waals surface area (Å²) in [4.78, 5) is 25.9. The molecular weight excluding hydrogens is 254 g/mol. The molecule has 1 aromatic rings. The number of carbonyl (C=O) groups excluding carboxylic acids is 1. The predicted molar refractivity (Wildman–Crippen MR) is 76.7 cm³/mol. The first-order valence-corrected chi connectivity index (χ1v) is 7.14. The van der Waals surface area contributed by atoms with Crippen molar-refractivity contribution in [3.8, 4) is 0 Å². The van der Waals surface area contributed by atoms with Crippen molar-refractivity contribution in [1.82, 2.24) is 4.90 Å². The summed E-state index contributed by atoms with van der Waals surface area (Å²) in [6.45, 7) is 4.17. The van der Waals surface area contributed by atoms with E-state index in [1.165, 1.54) is 4.90 Å². The molecule has 1 saturated heterocycles. The predicted octanol–water partition coefficient (Wildman–Crippen LogP) is 2.72. The number of carboxylic acids is 1. The van der Waals surface area contributed by atoms with Crippen LogP contribution in [0.5, 0.6) is 0 Å². The van der Waals surface area contributed by atoms with Gasteiger partial charge < -0.3 is 10.0 Å². The fraction of sp³-hybridized carbons (Fsp3) is 0.500. The minimum absolute atomic E-state index is 0.160. The average Bonchev–Trinajstić information content (AvgIpc) is 2.47. The molecule has 1 atom stereocenters. The molecule has 0 aliphatic carbocycles. The van der Waals surface area contributed by atoms with Gasteiger partial charge in [0, 0.05) is 12.1 Å². The van der Waals surface area contributed by atoms with Gasteiger partial charge in [-0.25, -0.2) is 4.79 Å². The van der Waals surface area contributed by atoms with Crippen LogP contribution in [0.3, 0.4) is 0 Å². The molecule has 1 amide bonds. The molecule has 4 nitrogen and oxygen atoms in total. The molecule has 1 N–H and O–H groups in total. The van der Waals surface area contributed by atoms with Crippen LogP contribution in [0.15, 0.2) is 24.3 Å². The van der Waals surface area contributed by atoms with Crippen molar-refractivity contribution in [2.24, 2.45) is 0 Å². The first kappa shape index (κ1) is 14.6. The summed E-state index contributed by atoms with van der Waals surface area (Å²) in [5.41, 5.74) is 0.510. The van der Waals surface area contributed by atoms with E-state index in [9.17, 15) is 14.7 Å². The van der Waals surface area contributed by atoms with Gasteiger partial charge in [-0.3, -0.25) is 4.79 Å². The van der Waals surface area contributed by atoms with Gasteiger partial charge in [0.25, 0.3) is 5.91 Å². The smallest absolute Gasteiger partial charge is 0.329 e. The number of amides is 1. The lowest BCUT2D eigenvalue weighted by Gasteiger charge is -2.41. The van der Waals surface area contributed by atoms with Crippen molar-refractivity contribution in [3.05, 3.63) is 35.4 Å². The maximum absolute atomic E-state index is 12.8. The molecule has 0 saturated carbocycles. The van der Waals surface area contributed by atoms with E-state index >= 15 is 0 Å². The average molecular weight is 275 g/mol. The first-order valence-electron chi connectivity index (χ1n) is 7.14. The van der Waals surface area contributed by atoms with Crippen molar-refractivity contribution < 1.29 is 14.7 Å². The van der Waals surface area contributed by atoms with E-state index in [1.807, 2.05) is 25.1 Å². The molecule has 0 spiro atoms. The number of aliphatic carboxylic acids is 1. The molecule has 1 unspecified atom stereocenters. The van der Waals surface area contributed by atoms with E-state index in [0.29, 0.717) is 18.5 Å². The second-order valence-corrected chi connectivity index (χ2v) is 5.50. The molecule has 1 aromatic carbocycles. The van der Waals surface area contributed by atoms with E-state index in [1.54, 1.807) is 13.0 Å². The number of aryl methyl sites for hydroxylation is 1. The van der Waals surface area contributed by atoms with E-state index in [2.05, 4.69) is 0 Å². The van der Waals surface area contributed by atoms with Crippen LogP contribution in [0.1, 0.15) is 49.0 Å². The molecule has 0 radical (unpaired) electrons. The largest absolute Gasteiger partial charge is 0.480 e. The van der Waals surface area contributed by atoms with Gasteiger partial charge in [-0.05, 0) is 44.2 Å². The van der Waals surface area contributed by atoms with E-state index in [0.717, 1.165) is 24.8 Å². The van der Waals surface area contributed by atoms with Crippen LogP contribution >= 0.6 is 0 Å². The SMILES string of the molecule is CCc1ccccc1C(=O)N1CCCCC1(C)C(=O)O. The molecule has 1 heterocycles. The standard InChI is InChI=1S/C16H21NO3/c1-3-12-8-4-5-9-13(12)14(18)17-11-7-6-10-16(17,2)15(19)20/h4-5,8-9H,3,6-7,10-11H2,1-2H3,(H,19,20). The Bertz CT molecular complexity index is 526. The third-order valence-electron chi connectivity index (χ3n) is 4.23. The van der Waals surface area contributed by atoms with Crippen LogP contribution in [-0.2, 0) is 11.2 Å². The highest BCUT2D eigenvalue weighted by Crippen LogP contribution is 2.30. The lowest BCUT2D eigenvalue weighted by atomic mass is 9.87. The van der Waals surface area contributed by atoms with Crippen molar-refractivity contribution >= 4 is 11.9 Å². The van der Waals surface area contributed by atoms with Crippen LogP contribution in [-0.4, -0.2) is 34.0 Å². The second kappa shape index (κ2) is 5.65. The van der Waals surface area contributed by atoms with Crippen LogP contribution in [0.2, 0.25) is 0 Å². The number of rotatable bonds is 3. The number of carbonyl (C=O) groups is 2. The minimum Gasteiger partial charge on any atom is -0.480 e. The number of hydrogen-bond acceptors (Lipinski definition) is 2. The Hall–Kier alpha value is -1.84. The Kier molecular flexibility index (Phi) is 4.12. The second-order valence-electron chi connectivity index (χ2n) is 5.50. The Morgan fingerprint density at radius 3 is 2.65 bits per heavy atom. The Morgan fingerprint density at radius 1 is 1.30 bits per heavy atom. The van der Waals surface area contributed by atoms with E-state index in [4.69, 9.17) is 0 Å². The van der Waals surface area contributed by atoms with Gasteiger partial charge in [-0.2, -0.15) is 0 Å². The van der Waals surface area contributed by atoms with Gasteiger partial charge in [-0.1, -0.05) is 25.1 Å². The maximum atomic E-state index is 12.8. The first-order chi connectivity index (χ1) is 9.50. The summed E-state index contributed by atoms with van der Waals surface area (Å²) in [7, 11) is 0. The zero-order valence-electron chi connectivity index (χ0n) is 12.1. The van der Waals surface area contributed by atoms with Gasteiger partial charge in [0.2, 0.25) is 0 Å². The minimum atomic E-state index is -1.09. The highest BCUT2D eigenvalue weighted by atomic mass is 16.4. The summed E-state index contributed by atoms with van der Waals surface area (Å²) in [5, 5.41) is 9.50. The molecule has 0 bridgehead atoms. The van der Waals surface area contributed by atoms with Crippen LogP contribution < -0.4 is 0 Å². The Balaban J connectivity index is 2.38. The molecule has 2 rings (SSSR count). The molecule has 1 aliphatic heterocycles. The van der Waals surface area contributed by atoms with Gasteiger partial charge in [-0.15, -0.1) is 0 Å². The molecule has 1 aliphatic rings. The van der Waals surface area contributed by atoms with Gasteiger partial charge in [0.1, 0.15) is 5.54 Å². The number of hydrogen-bond donors (Lipinski definition) is 1. The third kappa shape index (κ3) is 2.42. The maximum Gasteiger partial charge on any atom is 0.329 e. The van der Waals surface area contributed by atoms with Crippen LogP contribution in [0, 0.1) is 0 Å². The number of carboxylic acid groups (broad SMARTS) is 1. The fourth-order valence-electron chi connectivity index (χ4n) is 2.85. The van der Waals surface area contributed by atoms with Gasteiger partial charge in [0.15, 0.2) is 0 Å². The zero-order valence-corrected chi connectivity index (χ0v) is 12.1. The van der Waals surface area contributed by atoms with Crippen molar-refractivity contribution in [1.29, 1.82) is 0 Å². The highest BCUT2D eigenvalue weighted by molar-refractivity contribution is 5.99. The Labute approximate surface area is 119 Å².